The molecule has 1 aromatic heterocycles. The van der Waals surface area contributed by atoms with Gasteiger partial charge in [-0.25, -0.2) is 13.4 Å². The summed E-state index contributed by atoms with van der Waals surface area (Å²) in [5.41, 5.74) is 1.59. The first-order chi connectivity index (χ1) is 15.9. The third-order valence-electron chi connectivity index (χ3n) is 5.82. The Hall–Kier alpha value is -2.85. The predicted molar refractivity (Wildman–Crippen MR) is 129 cm³/mol. The molecule has 1 amide bonds. The highest BCUT2D eigenvalue weighted by atomic mass is 32.2. The van der Waals surface area contributed by atoms with Crippen molar-refractivity contribution in [1.82, 2.24) is 9.88 Å². The average molecular weight is 490 g/mol. The van der Waals surface area contributed by atoms with E-state index < -0.39 is 9.84 Å². The maximum atomic E-state index is 12.8. The summed E-state index contributed by atoms with van der Waals surface area (Å²) in [6.45, 7) is 4.19. The molecule has 1 saturated heterocycles. The largest absolute Gasteiger partial charge is 0.495 e. The summed E-state index contributed by atoms with van der Waals surface area (Å²) < 4.78 is 35.8. The van der Waals surface area contributed by atoms with Crippen LogP contribution in [0.4, 0.5) is 5.13 Å². The van der Waals surface area contributed by atoms with Crippen molar-refractivity contribution in [2.45, 2.75) is 18.2 Å². The molecule has 10 heteroatoms. The van der Waals surface area contributed by atoms with Gasteiger partial charge in [-0.1, -0.05) is 30.4 Å². The standard InChI is InChI=1S/C23H27N3O5S2/c1-4-33(28,29)17-7-5-16(6-8-17)15-20(27)25-11-13-26(14-12-25)23-24-21-18(30-2)9-10-19(31-3)22(21)32-23/h5-10H,4,11-15H2,1-3H3. The Morgan fingerprint density at radius 2 is 1.64 bits per heavy atom. The second-order valence-electron chi connectivity index (χ2n) is 7.74. The van der Waals surface area contributed by atoms with E-state index in [2.05, 4.69) is 4.90 Å². The Balaban J connectivity index is 1.40. The van der Waals surface area contributed by atoms with Gasteiger partial charge in [0, 0.05) is 26.2 Å². The van der Waals surface area contributed by atoms with Crippen molar-refractivity contribution in [3.8, 4) is 11.5 Å². The minimum atomic E-state index is -3.24. The molecule has 2 heterocycles. The van der Waals surface area contributed by atoms with Gasteiger partial charge in [-0.2, -0.15) is 0 Å². The highest BCUT2D eigenvalue weighted by molar-refractivity contribution is 7.91. The fourth-order valence-electron chi connectivity index (χ4n) is 3.82. The first-order valence-electron chi connectivity index (χ1n) is 10.7. The van der Waals surface area contributed by atoms with Crippen LogP contribution in [0.1, 0.15) is 12.5 Å². The van der Waals surface area contributed by atoms with Crippen molar-refractivity contribution in [3.63, 3.8) is 0 Å². The number of hydrogen-bond acceptors (Lipinski definition) is 8. The van der Waals surface area contributed by atoms with Gasteiger partial charge in [-0.3, -0.25) is 4.79 Å². The van der Waals surface area contributed by atoms with Crippen LogP contribution in [0.25, 0.3) is 10.2 Å². The molecule has 0 bridgehead atoms. The van der Waals surface area contributed by atoms with Gasteiger partial charge in [0.2, 0.25) is 5.91 Å². The van der Waals surface area contributed by atoms with Gasteiger partial charge in [-0.05, 0) is 29.8 Å². The molecule has 2 aromatic carbocycles. The van der Waals surface area contributed by atoms with E-state index in [1.165, 1.54) is 0 Å². The van der Waals surface area contributed by atoms with E-state index in [1.807, 2.05) is 17.0 Å². The molecule has 0 saturated carbocycles. The van der Waals surface area contributed by atoms with Crippen LogP contribution in [0.5, 0.6) is 11.5 Å². The second kappa shape index (κ2) is 9.56. The van der Waals surface area contributed by atoms with Crippen LogP contribution in [0.2, 0.25) is 0 Å². The lowest BCUT2D eigenvalue weighted by Gasteiger charge is -2.34. The Labute approximate surface area is 197 Å². The number of ether oxygens (including phenoxy) is 2. The minimum absolute atomic E-state index is 0.0355. The van der Waals surface area contributed by atoms with Gasteiger partial charge in [0.25, 0.3) is 0 Å². The van der Waals surface area contributed by atoms with Crippen molar-refractivity contribution in [2.75, 3.05) is 51.1 Å². The van der Waals surface area contributed by atoms with Crippen molar-refractivity contribution < 1.29 is 22.7 Å². The third-order valence-corrected chi connectivity index (χ3v) is 8.70. The molecular weight excluding hydrogens is 462 g/mol. The monoisotopic (exact) mass is 489 g/mol. The van der Waals surface area contributed by atoms with Gasteiger partial charge in [0.15, 0.2) is 15.0 Å². The number of thiazole rings is 1. The molecule has 0 atom stereocenters. The lowest BCUT2D eigenvalue weighted by atomic mass is 10.1. The quantitative estimate of drug-likeness (QED) is 0.504. The summed E-state index contributed by atoms with van der Waals surface area (Å²) in [7, 11) is 0.0293. The van der Waals surface area contributed by atoms with Crippen molar-refractivity contribution in [2.24, 2.45) is 0 Å². The number of rotatable bonds is 7. The molecule has 4 rings (SSSR count). The van der Waals surface area contributed by atoms with E-state index in [9.17, 15) is 13.2 Å². The maximum absolute atomic E-state index is 12.8. The number of carbonyl (C=O) groups excluding carboxylic acids is 1. The number of benzene rings is 2. The molecule has 8 nitrogen and oxygen atoms in total. The maximum Gasteiger partial charge on any atom is 0.227 e. The fourth-order valence-corrected chi connectivity index (χ4v) is 5.83. The first-order valence-corrected chi connectivity index (χ1v) is 13.2. The number of anilines is 1. The lowest BCUT2D eigenvalue weighted by Crippen LogP contribution is -2.49. The summed E-state index contributed by atoms with van der Waals surface area (Å²) in [5, 5.41) is 0.882. The molecule has 3 aromatic rings. The molecule has 1 aliphatic rings. The Bertz CT molecular complexity index is 1210. The Morgan fingerprint density at radius 3 is 2.24 bits per heavy atom. The van der Waals surface area contributed by atoms with Crippen LogP contribution in [-0.2, 0) is 21.1 Å². The highest BCUT2D eigenvalue weighted by Gasteiger charge is 2.24. The number of hydrogen-bond donors (Lipinski definition) is 0. The van der Waals surface area contributed by atoms with Gasteiger partial charge in [0.1, 0.15) is 21.7 Å². The predicted octanol–water partition coefficient (Wildman–Crippen LogP) is 3.00. The zero-order valence-corrected chi connectivity index (χ0v) is 20.5. The molecule has 0 unspecified atom stereocenters. The molecule has 0 N–H and O–H groups in total. The van der Waals surface area contributed by atoms with Crippen LogP contribution in [-0.4, -0.2) is 70.4 Å². The molecule has 1 aliphatic heterocycles. The SMILES string of the molecule is CCS(=O)(=O)c1ccc(CC(=O)N2CCN(c3nc4c(OC)ccc(OC)c4s3)CC2)cc1. The normalized spacial score (nSPS) is 14.5. The van der Waals surface area contributed by atoms with Crippen LogP contribution in [0.3, 0.4) is 0 Å². The lowest BCUT2D eigenvalue weighted by molar-refractivity contribution is -0.130. The van der Waals surface area contributed by atoms with E-state index in [-0.39, 0.29) is 18.1 Å². The van der Waals surface area contributed by atoms with Gasteiger partial charge in [0.05, 0.1) is 31.3 Å². The number of sulfone groups is 1. The summed E-state index contributed by atoms with van der Waals surface area (Å²) in [6, 6.07) is 10.3. The topological polar surface area (TPSA) is 89.0 Å². The van der Waals surface area contributed by atoms with Gasteiger partial charge >= 0.3 is 0 Å². The summed E-state index contributed by atoms with van der Waals surface area (Å²) in [5.74, 6) is 1.57. The molecule has 0 spiro atoms. The number of methoxy groups -OCH3 is 2. The number of fused-ring (bicyclic) bond motifs is 1. The second-order valence-corrected chi connectivity index (χ2v) is 11.0. The minimum Gasteiger partial charge on any atom is -0.495 e. The molecule has 176 valence electrons. The van der Waals surface area contributed by atoms with E-state index >= 15 is 0 Å². The smallest absolute Gasteiger partial charge is 0.227 e. The first kappa shape index (κ1) is 23.3. The molecule has 1 fully saturated rings. The van der Waals surface area contributed by atoms with Gasteiger partial charge < -0.3 is 19.3 Å². The van der Waals surface area contributed by atoms with E-state index in [1.54, 1.807) is 56.7 Å². The number of amides is 1. The van der Waals surface area contributed by atoms with Crippen LogP contribution in [0.15, 0.2) is 41.3 Å². The third kappa shape index (κ3) is 4.77. The van der Waals surface area contributed by atoms with E-state index in [4.69, 9.17) is 14.5 Å². The number of aromatic nitrogens is 1. The Kier molecular flexibility index (Phi) is 6.76. The zero-order chi connectivity index (χ0) is 23.6. The molecule has 33 heavy (non-hydrogen) atoms. The van der Waals surface area contributed by atoms with Crippen molar-refractivity contribution in [1.29, 1.82) is 0 Å². The van der Waals surface area contributed by atoms with Crippen LogP contribution in [0, 0.1) is 0 Å². The zero-order valence-electron chi connectivity index (χ0n) is 18.9. The van der Waals surface area contributed by atoms with E-state index in [0.717, 1.165) is 26.7 Å². The summed E-state index contributed by atoms with van der Waals surface area (Å²) in [4.78, 5) is 21.9. The average Bonchev–Trinajstić information content (AvgIpc) is 3.29. The van der Waals surface area contributed by atoms with Crippen molar-refractivity contribution in [3.05, 3.63) is 42.0 Å². The van der Waals surface area contributed by atoms with Crippen LogP contribution >= 0.6 is 11.3 Å². The molecular formula is C23H27N3O5S2. The van der Waals surface area contributed by atoms with E-state index in [0.29, 0.717) is 36.8 Å². The summed E-state index contributed by atoms with van der Waals surface area (Å²) in [6.07, 6.45) is 0.252. The number of piperazine rings is 1. The fraction of sp³-hybridized carbons (Fsp3) is 0.391. The summed E-state index contributed by atoms with van der Waals surface area (Å²) >= 11 is 1.56. The molecule has 0 aliphatic carbocycles. The molecule has 0 radical (unpaired) electrons. The van der Waals surface area contributed by atoms with Crippen LogP contribution < -0.4 is 14.4 Å². The number of carbonyl (C=O) groups is 1. The highest BCUT2D eigenvalue weighted by Crippen LogP contribution is 2.40. The Morgan fingerprint density at radius 1 is 1.00 bits per heavy atom. The van der Waals surface area contributed by atoms with Crippen molar-refractivity contribution >= 4 is 42.4 Å². The number of nitrogens with zero attached hydrogens (tertiary/aromatic N) is 3. The van der Waals surface area contributed by atoms with Gasteiger partial charge in [-0.15, -0.1) is 0 Å².